The molecule has 8 heteroatoms. The van der Waals surface area contributed by atoms with Crippen LogP contribution in [0.1, 0.15) is 24.0 Å². The number of piperidine rings is 1. The third-order valence-electron chi connectivity index (χ3n) is 7.03. The molecule has 0 saturated carbocycles. The van der Waals surface area contributed by atoms with Crippen molar-refractivity contribution in [3.8, 4) is 0 Å². The number of nitrogens with zero attached hydrogens (tertiary/aromatic N) is 2. The normalized spacial score (nSPS) is 16.1. The Morgan fingerprint density at radius 3 is 2.46 bits per heavy atom. The molecular weight excluding hydrogens is 477 g/mol. The molecule has 1 unspecified atom stereocenters. The molecule has 4 aromatic rings. The number of benzene rings is 3. The van der Waals surface area contributed by atoms with Gasteiger partial charge in [0.05, 0.1) is 17.6 Å². The van der Waals surface area contributed by atoms with Crippen molar-refractivity contribution in [3.63, 3.8) is 0 Å². The highest BCUT2D eigenvalue weighted by Gasteiger charge is 2.33. The number of likely N-dealkylation sites (N-methyl/N-ethyl adjacent to an activating group) is 1. The van der Waals surface area contributed by atoms with Gasteiger partial charge in [-0.3, -0.25) is 4.79 Å². The van der Waals surface area contributed by atoms with Crippen LogP contribution in [0.25, 0.3) is 10.9 Å². The van der Waals surface area contributed by atoms with Crippen LogP contribution in [0.15, 0.2) is 83.7 Å². The van der Waals surface area contributed by atoms with E-state index in [1.807, 2.05) is 24.3 Å². The predicted molar refractivity (Wildman–Crippen MR) is 143 cm³/mol. The second kappa shape index (κ2) is 10.3. The zero-order valence-electron chi connectivity index (χ0n) is 20.6. The SMILES string of the molecule is CN(c1ccc(Nc2ccc3ccc(=O)n(Cc4ccccc4C(F)(F)F)c3c2)cc1)C1CCCNC1. The Labute approximate surface area is 213 Å². The first kappa shape index (κ1) is 24.9. The van der Waals surface area contributed by atoms with E-state index < -0.39 is 11.7 Å². The molecule has 0 amide bonds. The van der Waals surface area contributed by atoms with Crippen LogP contribution in [-0.2, 0) is 12.7 Å². The first-order valence-electron chi connectivity index (χ1n) is 12.4. The number of anilines is 3. The van der Waals surface area contributed by atoms with Gasteiger partial charge in [0.2, 0.25) is 0 Å². The van der Waals surface area contributed by atoms with Crippen molar-refractivity contribution in [3.05, 3.63) is 100 Å². The summed E-state index contributed by atoms with van der Waals surface area (Å²) < 4.78 is 42.0. The van der Waals surface area contributed by atoms with Crippen molar-refractivity contribution in [2.45, 2.75) is 31.6 Å². The van der Waals surface area contributed by atoms with E-state index in [1.165, 1.54) is 29.2 Å². The van der Waals surface area contributed by atoms with Crippen molar-refractivity contribution in [1.29, 1.82) is 0 Å². The van der Waals surface area contributed by atoms with Crippen LogP contribution in [0.5, 0.6) is 0 Å². The summed E-state index contributed by atoms with van der Waals surface area (Å²) in [6.07, 6.45) is -2.16. The van der Waals surface area contributed by atoms with Crippen LogP contribution < -0.4 is 21.1 Å². The number of nitrogens with one attached hydrogen (secondary N) is 2. The highest BCUT2D eigenvalue weighted by Crippen LogP contribution is 2.32. The molecule has 192 valence electrons. The quantitative estimate of drug-likeness (QED) is 0.337. The third kappa shape index (κ3) is 5.49. The lowest BCUT2D eigenvalue weighted by Gasteiger charge is -2.33. The van der Waals surface area contributed by atoms with Crippen LogP contribution in [0.3, 0.4) is 0 Å². The van der Waals surface area contributed by atoms with Gasteiger partial charge in [-0.15, -0.1) is 0 Å². The lowest BCUT2D eigenvalue weighted by molar-refractivity contribution is -0.138. The maximum Gasteiger partial charge on any atom is 0.416 e. The third-order valence-corrected chi connectivity index (χ3v) is 7.03. The van der Waals surface area contributed by atoms with Crippen molar-refractivity contribution >= 4 is 28.0 Å². The van der Waals surface area contributed by atoms with E-state index in [9.17, 15) is 18.0 Å². The van der Waals surface area contributed by atoms with Gasteiger partial charge in [-0.25, -0.2) is 0 Å². The average molecular weight is 507 g/mol. The zero-order chi connectivity index (χ0) is 26.0. The topological polar surface area (TPSA) is 49.3 Å². The Kier molecular flexibility index (Phi) is 6.93. The Morgan fingerprint density at radius 2 is 1.73 bits per heavy atom. The fourth-order valence-corrected chi connectivity index (χ4v) is 4.96. The zero-order valence-corrected chi connectivity index (χ0v) is 20.6. The Bertz CT molecular complexity index is 1440. The highest BCUT2D eigenvalue weighted by molar-refractivity contribution is 5.84. The lowest BCUT2D eigenvalue weighted by atomic mass is 10.1. The molecule has 1 saturated heterocycles. The van der Waals surface area contributed by atoms with Gasteiger partial charge < -0.3 is 20.1 Å². The largest absolute Gasteiger partial charge is 0.416 e. The van der Waals surface area contributed by atoms with Crippen LogP contribution in [-0.4, -0.2) is 30.7 Å². The molecular formula is C29H29F3N4O. The molecule has 2 heterocycles. The number of alkyl halides is 3. The predicted octanol–water partition coefficient (Wildman–Crippen LogP) is 6.00. The number of halogens is 3. The van der Waals surface area contributed by atoms with Crippen LogP contribution in [0.4, 0.5) is 30.2 Å². The molecule has 0 spiro atoms. The highest BCUT2D eigenvalue weighted by atomic mass is 19.4. The van der Waals surface area contributed by atoms with Crippen LogP contribution in [0.2, 0.25) is 0 Å². The molecule has 1 aromatic heterocycles. The molecule has 5 nitrogen and oxygen atoms in total. The van der Waals surface area contributed by atoms with Crippen LogP contribution in [0, 0.1) is 0 Å². The second-order valence-electron chi connectivity index (χ2n) is 9.47. The van der Waals surface area contributed by atoms with Gasteiger partial charge in [0.1, 0.15) is 0 Å². The van der Waals surface area contributed by atoms with E-state index in [4.69, 9.17) is 0 Å². The summed E-state index contributed by atoms with van der Waals surface area (Å²) in [5, 5.41) is 7.58. The van der Waals surface area contributed by atoms with Gasteiger partial charge in [-0.05, 0) is 78.9 Å². The van der Waals surface area contributed by atoms with E-state index in [0.717, 1.165) is 48.0 Å². The molecule has 0 radical (unpaired) electrons. The van der Waals surface area contributed by atoms with Crippen molar-refractivity contribution in [1.82, 2.24) is 9.88 Å². The Balaban J connectivity index is 1.41. The first-order chi connectivity index (χ1) is 17.8. The summed E-state index contributed by atoms with van der Waals surface area (Å²) in [6.45, 7) is 1.87. The fourth-order valence-electron chi connectivity index (χ4n) is 4.96. The molecule has 2 N–H and O–H groups in total. The van der Waals surface area contributed by atoms with Crippen molar-refractivity contribution in [2.75, 3.05) is 30.4 Å². The smallest absolute Gasteiger partial charge is 0.370 e. The van der Waals surface area contributed by atoms with Crippen molar-refractivity contribution in [2.24, 2.45) is 0 Å². The van der Waals surface area contributed by atoms with Gasteiger partial charge in [-0.1, -0.05) is 24.3 Å². The van der Waals surface area contributed by atoms with Gasteiger partial charge >= 0.3 is 6.18 Å². The van der Waals surface area contributed by atoms with E-state index in [-0.39, 0.29) is 17.7 Å². The maximum atomic E-state index is 13.6. The second-order valence-corrected chi connectivity index (χ2v) is 9.47. The number of fused-ring (bicyclic) bond motifs is 1. The summed E-state index contributed by atoms with van der Waals surface area (Å²) in [5.41, 5.74) is 2.29. The molecule has 0 aliphatic carbocycles. The minimum Gasteiger partial charge on any atom is -0.370 e. The monoisotopic (exact) mass is 506 g/mol. The Hall–Kier alpha value is -3.78. The minimum atomic E-state index is -4.49. The molecule has 3 aromatic carbocycles. The van der Waals surface area contributed by atoms with Crippen LogP contribution >= 0.6 is 0 Å². The minimum absolute atomic E-state index is 0.0517. The summed E-state index contributed by atoms with van der Waals surface area (Å²) in [4.78, 5) is 15.0. The molecule has 5 rings (SSSR count). The van der Waals surface area contributed by atoms with Gasteiger partial charge in [0.15, 0.2) is 0 Å². The Morgan fingerprint density at radius 1 is 1.00 bits per heavy atom. The molecule has 1 aliphatic rings. The molecule has 0 bridgehead atoms. The number of hydrogen-bond acceptors (Lipinski definition) is 4. The fraction of sp³-hybridized carbons (Fsp3) is 0.276. The standard InChI is InChI=1S/C29H29F3N4O/c1-35(25-6-4-16-33-18-25)24-13-11-22(12-14-24)34-23-10-8-20-9-15-28(37)36(27(20)17-23)19-21-5-2-3-7-26(21)29(30,31)32/h2-3,5,7-15,17,25,33-34H,4,6,16,18-19H2,1H3. The molecule has 1 aliphatic heterocycles. The lowest BCUT2D eigenvalue weighted by Crippen LogP contribution is -2.44. The molecule has 37 heavy (non-hydrogen) atoms. The van der Waals surface area contributed by atoms with E-state index in [1.54, 1.807) is 18.2 Å². The van der Waals surface area contributed by atoms with Gasteiger partial charge in [0.25, 0.3) is 5.56 Å². The van der Waals surface area contributed by atoms with E-state index in [2.05, 4.69) is 34.7 Å². The van der Waals surface area contributed by atoms with Crippen molar-refractivity contribution < 1.29 is 13.2 Å². The van der Waals surface area contributed by atoms with E-state index in [0.29, 0.717) is 11.6 Å². The molecule has 1 atom stereocenters. The summed E-state index contributed by atoms with van der Waals surface area (Å²) in [5.74, 6) is 0. The summed E-state index contributed by atoms with van der Waals surface area (Å²) in [6, 6.07) is 22.6. The maximum absolute atomic E-state index is 13.6. The van der Waals surface area contributed by atoms with E-state index >= 15 is 0 Å². The van der Waals surface area contributed by atoms with Gasteiger partial charge in [-0.2, -0.15) is 13.2 Å². The number of aromatic nitrogens is 1. The summed E-state index contributed by atoms with van der Waals surface area (Å²) in [7, 11) is 2.11. The molecule has 1 fully saturated rings. The number of pyridine rings is 1. The average Bonchev–Trinajstić information content (AvgIpc) is 2.90. The van der Waals surface area contributed by atoms with Gasteiger partial charge in [0, 0.05) is 42.8 Å². The summed E-state index contributed by atoms with van der Waals surface area (Å²) >= 11 is 0. The number of hydrogen-bond donors (Lipinski definition) is 2. The number of rotatable bonds is 6. The first-order valence-corrected chi connectivity index (χ1v) is 12.4.